The molecule has 4 N–H and O–H groups in total. The molecule has 9 heteroatoms. The van der Waals surface area contributed by atoms with Crippen LogP contribution in [0.3, 0.4) is 0 Å². The van der Waals surface area contributed by atoms with Crippen LogP contribution < -0.4 is 15.8 Å². The van der Waals surface area contributed by atoms with Gasteiger partial charge in [0.2, 0.25) is 15.9 Å². The van der Waals surface area contributed by atoms with Crippen molar-refractivity contribution in [3.8, 4) is 0 Å². The summed E-state index contributed by atoms with van der Waals surface area (Å²) in [5.41, 5.74) is 0.843. The van der Waals surface area contributed by atoms with E-state index in [2.05, 4.69) is 15.6 Å². The maximum Gasteiger partial charge on any atom is 0.241 e. The maximum atomic E-state index is 12.1. The van der Waals surface area contributed by atoms with Gasteiger partial charge in [-0.2, -0.15) is 0 Å². The predicted molar refractivity (Wildman–Crippen MR) is 96.4 cm³/mol. The quantitative estimate of drug-likeness (QED) is 0.484. The Morgan fingerprint density at radius 2 is 1.84 bits per heavy atom. The number of carbonyl (C=O) groups excluding carboxylic acids is 1. The van der Waals surface area contributed by atoms with E-state index in [1.165, 1.54) is 12.1 Å². The predicted octanol–water partition coefficient (Wildman–Crippen LogP) is 0.0115. The lowest BCUT2D eigenvalue weighted by atomic mass is 10.2. The van der Waals surface area contributed by atoms with E-state index >= 15 is 0 Å². The minimum absolute atomic E-state index is 0.0700. The van der Waals surface area contributed by atoms with Crippen LogP contribution in [0.4, 0.5) is 0 Å². The third-order valence-corrected chi connectivity index (χ3v) is 4.81. The Balaban J connectivity index is 1.93. The number of hydrogen-bond acceptors (Lipinski definition) is 4. The summed E-state index contributed by atoms with van der Waals surface area (Å²) in [4.78, 5) is 18.4. The Kier molecular flexibility index (Phi) is 6.77. The first-order chi connectivity index (χ1) is 11.9. The number of aliphatic imine (C=N–C) groups is 1. The number of rotatable bonds is 6. The number of nitrogens with two attached hydrogens (primary N) is 1. The summed E-state index contributed by atoms with van der Waals surface area (Å²) in [5, 5.41) is 11.2. The molecule has 1 aromatic rings. The van der Waals surface area contributed by atoms with Crippen LogP contribution >= 0.6 is 0 Å². The number of nitrogens with zero attached hydrogens (tertiary/aromatic N) is 2. The van der Waals surface area contributed by atoms with Crippen molar-refractivity contribution in [3.05, 3.63) is 29.8 Å². The SMILES string of the molecule is CCNC(=NCc1ccc(S(N)(=O)=O)cc1)NCC(=O)N1CCCC1. The molecule has 1 fully saturated rings. The lowest BCUT2D eigenvalue weighted by Crippen LogP contribution is -2.44. The standard InChI is InChI=1S/C16H25N5O3S/c1-2-18-16(20-12-15(22)21-9-3-4-10-21)19-11-13-5-7-14(8-6-13)25(17,23)24/h5-8H,2-4,9-12H2,1H3,(H2,17,23,24)(H2,18,19,20). The van der Waals surface area contributed by atoms with Gasteiger partial charge >= 0.3 is 0 Å². The third-order valence-electron chi connectivity index (χ3n) is 3.88. The number of carbonyl (C=O) groups is 1. The van der Waals surface area contributed by atoms with Crippen molar-refractivity contribution in [1.29, 1.82) is 0 Å². The molecule has 2 rings (SSSR count). The normalized spacial score (nSPS) is 15.3. The Bertz CT molecular complexity index is 710. The van der Waals surface area contributed by atoms with Gasteiger partial charge in [-0.3, -0.25) is 4.79 Å². The summed E-state index contributed by atoms with van der Waals surface area (Å²) in [6, 6.07) is 6.25. The van der Waals surface area contributed by atoms with Crippen LogP contribution in [-0.2, 0) is 21.4 Å². The molecule has 1 saturated heterocycles. The van der Waals surface area contributed by atoms with Gasteiger partial charge in [0.05, 0.1) is 18.0 Å². The average Bonchev–Trinajstić information content (AvgIpc) is 3.11. The van der Waals surface area contributed by atoms with Crippen molar-refractivity contribution >= 4 is 21.9 Å². The van der Waals surface area contributed by atoms with Crippen molar-refractivity contribution in [2.24, 2.45) is 10.1 Å². The molecule has 1 aliphatic heterocycles. The van der Waals surface area contributed by atoms with E-state index in [4.69, 9.17) is 5.14 Å². The molecule has 0 saturated carbocycles. The summed E-state index contributed by atoms with van der Waals surface area (Å²) < 4.78 is 22.5. The first-order valence-corrected chi connectivity index (χ1v) is 9.86. The summed E-state index contributed by atoms with van der Waals surface area (Å²) in [7, 11) is -3.69. The zero-order valence-electron chi connectivity index (χ0n) is 14.4. The number of hydrogen-bond donors (Lipinski definition) is 3. The van der Waals surface area contributed by atoms with E-state index in [0.717, 1.165) is 31.5 Å². The summed E-state index contributed by atoms with van der Waals surface area (Å²) in [5.74, 6) is 0.617. The molecule has 0 spiro atoms. The zero-order valence-corrected chi connectivity index (χ0v) is 15.2. The summed E-state index contributed by atoms with van der Waals surface area (Å²) in [6.07, 6.45) is 2.13. The number of amides is 1. The smallest absolute Gasteiger partial charge is 0.241 e. The highest BCUT2D eigenvalue weighted by Crippen LogP contribution is 2.09. The monoisotopic (exact) mass is 367 g/mol. The fraction of sp³-hybridized carbons (Fsp3) is 0.500. The number of sulfonamides is 1. The van der Waals surface area contributed by atoms with Gasteiger partial charge in [0.25, 0.3) is 0 Å². The first-order valence-electron chi connectivity index (χ1n) is 8.32. The Hall–Kier alpha value is -2.13. The van der Waals surface area contributed by atoms with Crippen molar-refractivity contribution in [3.63, 3.8) is 0 Å². The van der Waals surface area contributed by atoms with Crippen LogP contribution in [-0.4, -0.2) is 51.4 Å². The fourth-order valence-electron chi connectivity index (χ4n) is 2.53. The van der Waals surface area contributed by atoms with Gasteiger partial charge < -0.3 is 15.5 Å². The number of guanidine groups is 1. The van der Waals surface area contributed by atoms with Crippen molar-refractivity contribution < 1.29 is 13.2 Å². The van der Waals surface area contributed by atoms with Crippen LogP contribution in [0.25, 0.3) is 0 Å². The van der Waals surface area contributed by atoms with Crippen molar-refractivity contribution in [1.82, 2.24) is 15.5 Å². The van der Waals surface area contributed by atoms with E-state index in [-0.39, 0.29) is 17.3 Å². The van der Waals surface area contributed by atoms with E-state index < -0.39 is 10.0 Å². The van der Waals surface area contributed by atoms with Crippen LogP contribution in [0.5, 0.6) is 0 Å². The number of benzene rings is 1. The van der Waals surface area contributed by atoms with Gasteiger partial charge in [0.1, 0.15) is 0 Å². The molecule has 1 heterocycles. The number of primary sulfonamides is 1. The van der Waals surface area contributed by atoms with E-state index in [1.807, 2.05) is 11.8 Å². The van der Waals surface area contributed by atoms with Gasteiger partial charge in [0.15, 0.2) is 5.96 Å². The van der Waals surface area contributed by atoms with Gasteiger partial charge in [-0.15, -0.1) is 0 Å². The second-order valence-corrected chi connectivity index (χ2v) is 7.39. The molecule has 8 nitrogen and oxygen atoms in total. The number of likely N-dealkylation sites (tertiary alicyclic amines) is 1. The molecule has 1 aliphatic rings. The molecule has 25 heavy (non-hydrogen) atoms. The molecule has 0 radical (unpaired) electrons. The first kappa shape index (κ1) is 19.2. The van der Waals surface area contributed by atoms with Crippen molar-refractivity contribution in [2.75, 3.05) is 26.2 Å². The second-order valence-electron chi connectivity index (χ2n) is 5.83. The van der Waals surface area contributed by atoms with Crippen LogP contribution in [0.15, 0.2) is 34.2 Å². The lowest BCUT2D eigenvalue weighted by molar-refractivity contribution is -0.128. The highest BCUT2D eigenvalue weighted by Gasteiger charge is 2.17. The molecule has 0 bridgehead atoms. The average molecular weight is 367 g/mol. The fourth-order valence-corrected chi connectivity index (χ4v) is 3.05. The Morgan fingerprint density at radius 1 is 1.20 bits per heavy atom. The minimum Gasteiger partial charge on any atom is -0.357 e. The molecular weight excluding hydrogens is 342 g/mol. The maximum absolute atomic E-state index is 12.1. The number of nitrogens with one attached hydrogen (secondary N) is 2. The summed E-state index contributed by atoms with van der Waals surface area (Å²) >= 11 is 0. The molecule has 0 atom stereocenters. The second kappa shape index (κ2) is 8.82. The van der Waals surface area contributed by atoms with Crippen LogP contribution in [0.1, 0.15) is 25.3 Å². The molecular formula is C16H25N5O3S. The molecule has 0 unspecified atom stereocenters. The van der Waals surface area contributed by atoms with E-state index in [1.54, 1.807) is 12.1 Å². The molecule has 0 aliphatic carbocycles. The molecule has 0 aromatic heterocycles. The summed E-state index contributed by atoms with van der Waals surface area (Å²) in [6.45, 7) is 4.83. The Morgan fingerprint density at radius 3 is 2.40 bits per heavy atom. The molecule has 1 aromatic carbocycles. The van der Waals surface area contributed by atoms with E-state index in [0.29, 0.717) is 19.0 Å². The highest BCUT2D eigenvalue weighted by molar-refractivity contribution is 7.89. The van der Waals surface area contributed by atoms with Crippen molar-refractivity contribution in [2.45, 2.75) is 31.2 Å². The zero-order chi connectivity index (χ0) is 18.3. The molecule has 1 amide bonds. The largest absolute Gasteiger partial charge is 0.357 e. The highest BCUT2D eigenvalue weighted by atomic mass is 32.2. The topological polar surface area (TPSA) is 117 Å². The van der Waals surface area contributed by atoms with Gasteiger partial charge in [-0.05, 0) is 37.5 Å². The molecule has 138 valence electrons. The third kappa shape index (κ3) is 6.02. The minimum atomic E-state index is -3.69. The van der Waals surface area contributed by atoms with Crippen LogP contribution in [0, 0.1) is 0 Å². The van der Waals surface area contributed by atoms with Gasteiger partial charge in [0, 0.05) is 19.6 Å². The lowest BCUT2D eigenvalue weighted by Gasteiger charge is -2.17. The van der Waals surface area contributed by atoms with Crippen LogP contribution in [0.2, 0.25) is 0 Å². The Labute approximate surface area is 148 Å². The van der Waals surface area contributed by atoms with Gasteiger partial charge in [-0.1, -0.05) is 12.1 Å². The van der Waals surface area contributed by atoms with E-state index in [9.17, 15) is 13.2 Å². The van der Waals surface area contributed by atoms with Gasteiger partial charge in [-0.25, -0.2) is 18.5 Å².